The number of thiazole rings is 1. The molecule has 2 rings (SSSR count). The van der Waals surface area contributed by atoms with E-state index >= 15 is 0 Å². The van der Waals surface area contributed by atoms with Gasteiger partial charge in [0.25, 0.3) is 0 Å². The average Bonchev–Trinajstić information content (AvgIpc) is 2.53. The molecule has 1 saturated heterocycles. The Morgan fingerprint density at radius 3 is 2.92 bits per heavy atom. The third-order valence-corrected chi connectivity index (χ3v) is 2.89. The van der Waals surface area contributed by atoms with Gasteiger partial charge in [-0.1, -0.05) is 0 Å². The van der Waals surface area contributed by atoms with Crippen LogP contribution in [0.25, 0.3) is 0 Å². The van der Waals surface area contributed by atoms with Crippen molar-refractivity contribution in [3.05, 3.63) is 11.1 Å². The first-order valence-electron chi connectivity index (χ1n) is 4.47. The molecule has 0 atom stereocenters. The first-order chi connectivity index (χ1) is 6.34. The summed E-state index contributed by atoms with van der Waals surface area (Å²) in [5.74, 6) is 0. The Bertz CT molecular complexity index is 270. The lowest BCUT2D eigenvalue weighted by Crippen LogP contribution is -2.43. The van der Waals surface area contributed by atoms with Crippen molar-refractivity contribution < 1.29 is 0 Å². The van der Waals surface area contributed by atoms with Crippen LogP contribution in [0.5, 0.6) is 0 Å². The van der Waals surface area contributed by atoms with Crippen LogP contribution in [-0.4, -0.2) is 43.9 Å². The van der Waals surface area contributed by atoms with E-state index in [-0.39, 0.29) is 0 Å². The minimum absolute atomic E-state index is 0.671. The summed E-state index contributed by atoms with van der Waals surface area (Å²) < 4.78 is 0. The van der Waals surface area contributed by atoms with E-state index in [1.165, 1.54) is 11.3 Å². The van der Waals surface area contributed by atoms with E-state index in [2.05, 4.69) is 15.2 Å². The van der Waals surface area contributed by atoms with Crippen LogP contribution in [0.3, 0.4) is 0 Å². The van der Waals surface area contributed by atoms with Crippen LogP contribution in [0.4, 0.5) is 0 Å². The second kappa shape index (κ2) is 4.22. The predicted molar refractivity (Wildman–Crippen MR) is 55.6 cm³/mol. The molecule has 1 fully saturated rings. The molecule has 0 aliphatic carbocycles. The summed E-state index contributed by atoms with van der Waals surface area (Å²) in [6.07, 6.45) is 0. The van der Waals surface area contributed by atoms with Gasteiger partial charge in [-0.3, -0.25) is 9.88 Å². The van der Waals surface area contributed by atoms with E-state index in [4.69, 9.17) is 7.85 Å². The Kier molecular flexibility index (Phi) is 2.98. The Morgan fingerprint density at radius 1 is 1.54 bits per heavy atom. The lowest BCUT2D eigenvalue weighted by Gasteiger charge is -2.26. The molecule has 0 unspecified atom stereocenters. The second-order valence-electron chi connectivity index (χ2n) is 3.20. The number of nitrogens with zero attached hydrogens (tertiary/aromatic N) is 2. The number of rotatable bonds is 2. The van der Waals surface area contributed by atoms with Crippen LogP contribution < -0.4 is 10.2 Å². The van der Waals surface area contributed by atoms with Crippen molar-refractivity contribution in [1.29, 1.82) is 0 Å². The van der Waals surface area contributed by atoms with Crippen molar-refractivity contribution >= 4 is 24.1 Å². The van der Waals surface area contributed by atoms with Gasteiger partial charge < -0.3 is 5.32 Å². The Hall–Kier alpha value is -0.385. The van der Waals surface area contributed by atoms with Gasteiger partial charge in [-0.05, 0) is 0 Å². The van der Waals surface area contributed by atoms with E-state index in [0.717, 1.165) is 38.4 Å². The Balaban J connectivity index is 1.89. The fourth-order valence-corrected chi connectivity index (χ4v) is 2.05. The average molecular weight is 193 g/mol. The fourth-order valence-electron chi connectivity index (χ4n) is 1.49. The zero-order chi connectivity index (χ0) is 9.10. The van der Waals surface area contributed by atoms with Crippen molar-refractivity contribution in [2.45, 2.75) is 6.54 Å². The van der Waals surface area contributed by atoms with Crippen molar-refractivity contribution in [3.63, 3.8) is 0 Å². The molecule has 68 valence electrons. The van der Waals surface area contributed by atoms with E-state index in [1.807, 2.05) is 5.38 Å². The molecule has 1 aromatic heterocycles. The molecule has 1 aromatic rings. The quantitative estimate of drug-likeness (QED) is 0.632. The van der Waals surface area contributed by atoms with Crippen molar-refractivity contribution in [2.75, 3.05) is 26.2 Å². The van der Waals surface area contributed by atoms with Crippen LogP contribution in [0.15, 0.2) is 5.38 Å². The Morgan fingerprint density at radius 2 is 2.31 bits per heavy atom. The predicted octanol–water partition coefficient (Wildman–Crippen LogP) is -0.658. The van der Waals surface area contributed by atoms with Crippen molar-refractivity contribution in [2.24, 2.45) is 0 Å². The molecular formula is C8H12BN3S. The first-order valence-corrected chi connectivity index (χ1v) is 5.35. The summed E-state index contributed by atoms with van der Waals surface area (Å²) >= 11 is 1.52. The molecular weight excluding hydrogens is 181 g/mol. The summed E-state index contributed by atoms with van der Waals surface area (Å²) in [5.41, 5.74) is 1.10. The van der Waals surface area contributed by atoms with Gasteiger partial charge in [0.05, 0.1) is 5.69 Å². The highest BCUT2D eigenvalue weighted by Gasteiger charge is 2.10. The first kappa shape index (κ1) is 9.18. The maximum Gasteiger partial charge on any atom is 0.157 e. The molecule has 1 aliphatic rings. The third kappa shape index (κ3) is 2.53. The summed E-state index contributed by atoms with van der Waals surface area (Å²) in [7, 11) is 5.56. The number of piperazine rings is 1. The van der Waals surface area contributed by atoms with Crippen LogP contribution in [0.2, 0.25) is 0 Å². The minimum Gasteiger partial charge on any atom is -0.314 e. The molecule has 13 heavy (non-hydrogen) atoms. The number of hydrogen-bond donors (Lipinski definition) is 1. The Labute approximate surface area is 83.6 Å². The molecule has 0 spiro atoms. The van der Waals surface area contributed by atoms with Gasteiger partial charge in [-0.2, -0.15) is 0 Å². The molecule has 0 bridgehead atoms. The van der Waals surface area contributed by atoms with Crippen LogP contribution >= 0.6 is 11.3 Å². The molecule has 2 heterocycles. The van der Waals surface area contributed by atoms with Gasteiger partial charge >= 0.3 is 0 Å². The van der Waals surface area contributed by atoms with Gasteiger partial charge in [0.2, 0.25) is 0 Å². The van der Waals surface area contributed by atoms with Crippen LogP contribution in [0, 0.1) is 0 Å². The van der Waals surface area contributed by atoms with Gasteiger partial charge in [0, 0.05) is 43.0 Å². The minimum atomic E-state index is 0.671. The lowest BCUT2D eigenvalue weighted by atomic mass is 10.2. The summed E-state index contributed by atoms with van der Waals surface area (Å²) in [5, 5.41) is 5.36. The van der Waals surface area contributed by atoms with E-state index in [1.54, 1.807) is 0 Å². The molecule has 5 heteroatoms. The number of hydrogen-bond acceptors (Lipinski definition) is 4. The van der Waals surface area contributed by atoms with Gasteiger partial charge in [-0.25, -0.2) is 0 Å². The maximum atomic E-state index is 5.56. The SMILES string of the molecule is [B]c1nc(CN2CCNCC2)cs1. The monoisotopic (exact) mass is 193 g/mol. The maximum absolute atomic E-state index is 5.56. The highest BCUT2D eigenvalue weighted by atomic mass is 32.1. The normalized spacial score (nSPS) is 19.1. The van der Waals surface area contributed by atoms with Crippen molar-refractivity contribution in [3.8, 4) is 0 Å². The lowest BCUT2D eigenvalue weighted by molar-refractivity contribution is 0.231. The molecule has 0 saturated carbocycles. The van der Waals surface area contributed by atoms with Crippen LogP contribution in [-0.2, 0) is 6.54 Å². The molecule has 2 radical (unpaired) electrons. The van der Waals surface area contributed by atoms with Gasteiger partial charge in [0.1, 0.15) is 0 Å². The molecule has 0 aromatic carbocycles. The van der Waals surface area contributed by atoms with Crippen molar-refractivity contribution in [1.82, 2.24) is 15.2 Å². The molecule has 3 nitrogen and oxygen atoms in total. The van der Waals surface area contributed by atoms with Gasteiger partial charge in [-0.15, -0.1) is 11.3 Å². The molecule has 1 N–H and O–H groups in total. The smallest absolute Gasteiger partial charge is 0.157 e. The van der Waals surface area contributed by atoms with Gasteiger partial charge in [0.15, 0.2) is 7.85 Å². The topological polar surface area (TPSA) is 28.2 Å². The van der Waals surface area contributed by atoms with E-state index in [0.29, 0.717) is 4.91 Å². The molecule has 1 aliphatic heterocycles. The zero-order valence-corrected chi connectivity index (χ0v) is 8.31. The second-order valence-corrected chi connectivity index (χ2v) is 4.09. The standard InChI is InChI=1S/C8H12BN3S/c9-8-11-7(6-13-8)5-12-3-1-10-2-4-12/h6,10H,1-5H2. The zero-order valence-electron chi connectivity index (χ0n) is 7.49. The van der Waals surface area contributed by atoms with E-state index < -0.39 is 0 Å². The fraction of sp³-hybridized carbons (Fsp3) is 0.625. The summed E-state index contributed by atoms with van der Waals surface area (Å²) in [6.45, 7) is 5.32. The van der Waals surface area contributed by atoms with Crippen LogP contribution in [0.1, 0.15) is 5.69 Å². The summed E-state index contributed by atoms with van der Waals surface area (Å²) in [6, 6.07) is 0. The number of aromatic nitrogens is 1. The highest BCUT2D eigenvalue weighted by Crippen LogP contribution is 2.04. The van der Waals surface area contributed by atoms with E-state index in [9.17, 15) is 0 Å². The number of nitrogens with one attached hydrogen (secondary N) is 1. The molecule has 0 amide bonds. The third-order valence-electron chi connectivity index (χ3n) is 2.16. The highest BCUT2D eigenvalue weighted by molar-refractivity contribution is 7.17. The largest absolute Gasteiger partial charge is 0.314 e. The summed E-state index contributed by atoms with van der Waals surface area (Å²) in [4.78, 5) is 7.30.